The first-order chi connectivity index (χ1) is 13.0. The van der Waals surface area contributed by atoms with E-state index in [0.29, 0.717) is 6.04 Å². The monoisotopic (exact) mass is 475 g/mol. The fourth-order valence-electron chi connectivity index (χ4n) is 4.19. The molecule has 0 radical (unpaired) electrons. The maximum atomic E-state index is 12.7. The molecule has 4 rings (SSSR count). The van der Waals surface area contributed by atoms with E-state index in [2.05, 4.69) is 63.0 Å². The topological polar surface area (TPSA) is 35.6 Å². The molecule has 0 spiro atoms. The van der Waals surface area contributed by atoms with Gasteiger partial charge in [0.25, 0.3) is 5.91 Å². The molecule has 5 heteroatoms. The average Bonchev–Trinajstić information content (AvgIpc) is 3.05. The number of nitrogens with zero attached hydrogens (tertiary/aromatic N) is 2. The maximum absolute atomic E-state index is 12.7. The summed E-state index contributed by atoms with van der Waals surface area (Å²) < 4.78 is 0.987. The molecule has 1 unspecified atom stereocenters. The first kappa shape index (κ1) is 18.9. The molecular weight excluding hydrogens is 449 g/mol. The number of halogens is 1. The number of rotatable bonds is 3. The summed E-state index contributed by atoms with van der Waals surface area (Å²) in [6, 6.07) is 12.9. The van der Waals surface area contributed by atoms with Crippen LogP contribution in [0.4, 0.5) is 5.69 Å². The predicted molar refractivity (Wildman–Crippen MR) is 118 cm³/mol. The van der Waals surface area contributed by atoms with Gasteiger partial charge in [-0.1, -0.05) is 17.7 Å². The Labute approximate surface area is 175 Å². The van der Waals surface area contributed by atoms with E-state index in [4.69, 9.17) is 0 Å². The number of carbonyl (C=O) groups excluding carboxylic acids is 1. The van der Waals surface area contributed by atoms with Crippen molar-refractivity contribution in [3.63, 3.8) is 0 Å². The minimum absolute atomic E-state index is 0.0343. The second kappa shape index (κ2) is 7.89. The predicted octanol–water partition coefficient (Wildman–Crippen LogP) is 4.09. The van der Waals surface area contributed by atoms with Crippen molar-refractivity contribution in [2.45, 2.75) is 25.8 Å². The lowest BCUT2D eigenvalue weighted by molar-refractivity contribution is 0.102. The van der Waals surface area contributed by atoms with Gasteiger partial charge in [0.15, 0.2) is 0 Å². The van der Waals surface area contributed by atoms with E-state index in [1.807, 2.05) is 25.1 Å². The third-order valence-electron chi connectivity index (χ3n) is 5.79. The molecule has 0 bridgehead atoms. The summed E-state index contributed by atoms with van der Waals surface area (Å²) in [5.41, 5.74) is 5.63. The molecule has 1 aliphatic carbocycles. The third-order valence-corrected chi connectivity index (χ3v) is 6.69. The van der Waals surface area contributed by atoms with Crippen LogP contribution in [-0.2, 0) is 6.42 Å². The van der Waals surface area contributed by atoms with Gasteiger partial charge in [-0.2, -0.15) is 0 Å². The van der Waals surface area contributed by atoms with Crippen LogP contribution in [0.25, 0.3) is 0 Å². The van der Waals surface area contributed by atoms with E-state index in [1.165, 1.54) is 23.1 Å². The van der Waals surface area contributed by atoms with Gasteiger partial charge in [-0.05, 0) is 84.8 Å². The summed E-state index contributed by atoms with van der Waals surface area (Å²) in [7, 11) is 2.20. The maximum Gasteiger partial charge on any atom is 0.256 e. The summed E-state index contributed by atoms with van der Waals surface area (Å²) in [4.78, 5) is 17.7. The van der Waals surface area contributed by atoms with Gasteiger partial charge in [-0.15, -0.1) is 0 Å². The molecule has 142 valence electrons. The highest BCUT2D eigenvalue weighted by Gasteiger charge is 2.29. The summed E-state index contributed by atoms with van der Waals surface area (Å²) in [6.45, 7) is 6.63. The Morgan fingerprint density at radius 2 is 1.89 bits per heavy atom. The number of nitrogens with one attached hydrogen (secondary N) is 1. The third kappa shape index (κ3) is 4.05. The number of hydrogen-bond donors (Lipinski definition) is 1. The molecule has 2 aliphatic rings. The van der Waals surface area contributed by atoms with Gasteiger partial charge in [-0.25, -0.2) is 0 Å². The molecule has 1 heterocycles. The Morgan fingerprint density at radius 3 is 2.63 bits per heavy atom. The van der Waals surface area contributed by atoms with Crippen molar-refractivity contribution in [1.82, 2.24) is 9.80 Å². The van der Waals surface area contributed by atoms with Crippen LogP contribution in [0.5, 0.6) is 0 Å². The fraction of sp³-hybridized carbons (Fsp3) is 0.409. The van der Waals surface area contributed by atoms with Gasteiger partial charge in [-0.3, -0.25) is 9.69 Å². The lowest BCUT2D eigenvalue weighted by atomic mass is 10.0. The van der Waals surface area contributed by atoms with Crippen molar-refractivity contribution in [3.8, 4) is 0 Å². The van der Waals surface area contributed by atoms with E-state index in [9.17, 15) is 4.79 Å². The summed E-state index contributed by atoms with van der Waals surface area (Å²) in [5, 5.41) is 3.08. The van der Waals surface area contributed by atoms with Crippen LogP contribution in [0, 0.1) is 10.5 Å². The van der Waals surface area contributed by atoms with Crippen molar-refractivity contribution in [1.29, 1.82) is 0 Å². The lowest BCUT2D eigenvalue weighted by Gasteiger charge is -2.36. The highest BCUT2D eigenvalue weighted by molar-refractivity contribution is 14.1. The highest BCUT2D eigenvalue weighted by atomic mass is 127. The number of likely N-dealkylation sites (N-methyl/N-ethyl adjacent to an activating group) is 1. The minimum atomic E-state index is -0.0343. The molecule has 1 aliphatic heterocycles. The Balaban J connectivity index is 1.48. The molecule has 0 saturated carbocycles. The Morgan fingerprint density at radius 1 is 1.11 bits per heavy atom. The van der Waals surface area contributed by atoms with Crippen LogP contribution in [0.3, 0.4) is 0 Å². The zero-order valence-electron chi connectivity index (χ0n) is 16.0. The van der Waals surface area contributed by atoms with Gasteiger partial charge in [0.2, 0.25) is 0 Å². The molecule has 2 aromatic carbocycles. The van der Waals surface area contributed by atoms with Crippen molar-refractivity contribution in [3.05, 3.63) is 62.2 Å². The molecule has 0 aromatic heterocycles. The number of hydrogen-bond acceptors (Lipinski definition) is 3. The van der Waals surface area contributed by atoms with Gasteiger partial charge >= 0.3 is 0 Å². The fourth-order valence-corrected chi connectivity index (χ4v) is 5.10. The second-order valence-corrected chi connectivity index (χ2v) is 8.91. The zero-order chi connectivity index (χ0) is 19.0. The van der Waals surface area contributed by atoms with Crippen LogP contribution in [0.1, 0.15) is 39.5 Å². The van der Waals surface area contributed by atoms with Crippen molar-refractivity contribution >= 4 is 34.2 Å². The standard InChI is InChI=1S/C22H26IN3O/c1-15-3-6-19(20(23)13-15)22(27)24-17-5-7-18-16(14-17)4-8-21(18)26-11-9-25(2)10-12-26/h3,5-7,13-14,21H,4,8-12H2,1-2H3,(H,24,27). The van der Waals surface area contributed by atoms with Crippen molar-refractivity contribution in [2.75, 3.05) is 38.5 Å². The number of amides is 1. The van der Waals surface area contributed by atoms with Gasteiger partial charge in [0.1, 0.15) is 0 Å². The molecule has 1 fully saturated rings. The summed E-state index contributed by atoms with van der Waals surface area (Å²) >= 11 is 2.23. The Hall–Kier alpha value is -1.44. The van der Waals surface area contributed by atoms with Crippen molar-refractivity contribution in [2.24, 2.45) is 0 Å². The number of benzene rings is 2. The molecule has 1 saturated heterocycles. The normalized spacial score (nSPS) is 20.5. The number of fused-ring (bicyclic) bond motifs is 1. The molecule has 2 aromatic rings. The number of anilines is 1. The first-order valence-corrected chi connectivity index (χ1v) is 10.7. The average molecular weight is 475 g/mol. The SMILES string of the molecule is Cc1ccc(C(=O)Nc2ccc3c(c2)CCC3N2CCN(C)CC2)c(I)c1. The molecule has 1 atom stereocenters. The zero-order valence-corrected chi connectivity index (χ0v) is 18.1. The van der Waals surface area contributed by atoms with Crippen molar-refractivity contribution < 1.29 is 4.79 Å². The van der Waals surface area contributed by atoms with Crippen LogP contribution in [-0.4, -0.2) is 48.9 Å². The quantitative estimate of drug-likeness (QED) is 0.680. The van der Waals surface area contributed by atoms with Gasteiger partial charge in [0, 0.05) is 41.5 Å². The number of piperazine rings is 1. The van der Waals surface area contributed by atoms with Crippen LogP contribution < -0.4 is 5.32 Å². The second-order valence-electron chi connectivity index (χ2n) is 7.74. The molecule has 4 nitrogen and oxygen atoms in total. The van der Waals surface area contributed by atoms with Crippen LogP contribution in [0.15, 0.2) is 36.4 Å². The summed E-state index contributed by atoms with van der Waals surface area (Å²) in [5.74, 6) is -0.0343. The molecule has 1 N–H and O–H groups in total. The molecule has 1 amide bonds. The van der Waals surface area contributed by atoms with Gasteiger partial charge < -0.3 is 10.2 Å². The first-order valence-electron chi connectivity index (χ1n) is 9.64. The minimum Gasteiger partial charge on any atom is -0.322 e. The van der Waals surface area contributed by atoms with E-state index >= 15 is 0 Å². The Kier molecular flexibility index (Phi) is 5.53. The summed E-state index contributed by atoms with van der Waals surface area (Å²) in [6.07, 6.45) is 2.28. The van der Waals surface area contributed by atoms with E-state index < -0.39 is 0 Å². The lowest BCUT2D eigenvalue weighted by Crippen LogP contribution is -2.45. The number of carbonyl (C=O) groups is 1. The van der Waals surface area contributed by atoms with E-state index in [1.54, 1.807) is 0 Å². The highest BCUT2D eigenvalue weighted by Crippen LogP contribution is 2.37. The van der Waals surface area contributed by atoms with Gasteiger partial charge in [0.05, 0.1) is 5.56 Å². The Bertz CT molecular complexity index is 859. The van der Waals surface area contributed by atoms with Crippen LogP contribution in [0.2, 0.25) is 0 Å². The van der Waals surface area contributed by atoms with E-state index in [-0.39, 0.29) is 5.91 Å². The molecular formula is C22H26IN3O. The largest absolute Gasteiger partial charge is 0.322 e. The smallest absolute Gasteiger partial charge is 0.256 e. The number of aryl methyl sites for hydroxylation is 2. The van der Waals surface area contributed by atoms with Crippen LogP contribution >= 0.6 is 22.6 Å². The van der Waals surface area contributed by atoms with E-state index in [0.717, 1.165) is 47.4 Å². The molecule has 27 heavy (non-hydrogen) atoms.